The molecule has 0 fully saturated rings. The van der Waals surface area contributed by atoms with Crippen molar-refractivity contribution in [1.29, 1.82) is 0 Å². The van der Waals surface area contributed by atoms with Crippen LogP contribution in [-0.4, -0.2) is 6.61 Å². The largest absolute Gasteiger partial charge is 0.494 e. The third-order valence-electron chi connectivity index (χ3n) is 2.33. The highest BCUT2D eigenvalue weighted by Crippen LogP contribution is 2.24. The molecule has 0 spiro atoms. The van der Waals surface area contributed by atoms with Crippen molar-refractivity contribution in [2.24, 2.45) is 0 Å². The van der Waals surface area contributed by atoms with E-state index in [0.717, 1.165) is 4.47 Å². The van der Waals surface area contributed by atoms with Crippen LogP contribution in [0.15, 0.2) is 46.9 Å². The number of rotatable bonds is 4. The maximum Gasteiger partial charge on any atom is 0.119 e. The minimum absolute atomic E-state index is 0.191. The van der Waals surface area contributed by atoms with Gasteiger partial charge in [0, 0.05) is 13.6 Å². The first kappa shape index (κ1) is 9.88. The first-order valence-corrected chi connectivity index (χ1v) is 6.60. The molecule has 2 aromatic carbocycles. The molecular formula is C15H14BrClO. The summed E-state index contributed by atoms with van der Waals surface area (Å²) >= 11 is 9.46. The number of halogens is 2. The maximum absolute atomic E-state index is 8.34. The Kier molecular flexibility index (Phi) is 3.43. The van der Waals surface area contributed by atoms with Gasteiger partial charge in [-0.2, -0.15) is 0 Å². The minimum Gasteiger partial charge on any atom is -0.494 e. The van der Waals surface area contributed by atoms with E-state index < -0.39 is 6.37 Å². The summed E-state index contributed by atoms with van der Waals surface area (Å²) in [6.45, 7) is 0.514. The zero-order valence-corrected chi connectivity index (χ0v) is 12.0. The molecule has 0 heterocycles. The zero-order valence-electron chi connectivity index (χ0n) is 12.6. The molecule has 1 nitrogen and oxygen atoms in total. The number of ether oxygens (including phenoxy) is 1. The molecule has 3 heteroatoms. The first-order valence-electron chi connectivity index (χ1n) is 7.14. The normalized spacial score (nSPS) is 13.6. The van der Waals surface area contributed by atoms with E-state index >= 15 is 0 Å². The number of hydrogen-bond donors (Lipinski definition) is 0. The van der Waals surface area contributed by atoms with Crippen LogP contribution in [0.2, 0.25) is 5.02 Å². The molecular weight excluding hydrogens is 312 g/mol. The van der Waals surface area contributed by atoms with Crippen LogP contribution in [0.5, 0.6) is 5.75 Å². The Labute approximate surface area is 125 Å². The summed E-state index contributed by atoms with van der Waals surface area (Å²) in [5, 5.41) is 0.387. The molecule has 2 aromatic rings. The number of benzene rings is 2. The fraction of sp³-hybridized carbons (Fsp3) is 0.200. The summed E-state index contributed by atoms with van der Waals surface area (Å²) in [5.74, 6) is 0.627. The van der Waals surface area contributed by atoms with Gasteiger partial charge in [0.05, 0.1) is 6.61 Å². The highest BCUT2D eigenvalue weighted by Gasteiger charge is 2.03. The predicted molar refractivity (Wildman–Crippen MR) is 79.6 cm³/mol. The Hall–Kier alpha value is -0.990. The topological polar surface area (TPSA) is 9.23 Å². The molecule has 0 radical (unpaired) electrons. The van der Waals surface area contributed by atoms with Gasteiger partial charge in [-0.05, 0) is 54.7 Å². The van der Waals surface area contributed by atoms with Gasteiger partial charge in [-0.25, -0.2) is 0 Å². The van der Waals surface area contributed by atoms with Crippen molar-refractivity contribution in [3.8, 4) is 5.75 Å². The molecule has 18 heavy (non-hydrogen) atoms. The summed E-state index contributed by atoms with van der Waals surface area (Å²) in [4.78, 5) is 0. The van der Waals surface area contributed by atoms with Gasteiger partial charge in [-0.1, -0.05) is 39.7 Å². The van der Waals surface area contributed by atoms with Crippen LogP contribution in [0.1, 0.15) is 22.1 Å². The Bertz CT molecular complexity index is 617. The second-order valence-electron chi connectivity index (χ2n) is 3.62. The van der Waals surface area contributed by atoms with Gasteiger partial charge in [0.15, 0.2) is 0 Å². The predicted octanol–water partition coefficient (Wildman–Crippen LogP) is 5.09. The fourth-order valence-electron chi connectivity index (χ4n) is 1.50. The van der Waals surface area contributed by atoms with Crippen molar-refractivity contribution in [3.63, 3.8) is 0 Å². The molecule has 0 bridgehead atoms. The highest BCUT2D eigenvalue weighted by atomic mass is 79.9. The Morgan fingerprint density at radius 1 is 1.28 bits per heavy atom. The van der Waals surface area contributed by atoms with Crippen molar-refractivity contribution in [3.05, 3.63) is 63.1 Å². The van der Waals surface area contributed by atoms with Crippen LogP contribution in [-0.2, 0) is 6.37 Å². The maximum atomic E-state index is 8.34. The van der Waals surface area contributed by atoms with E-state index in [-0.39, 0.29) is 6.90 Å². The third kappa shape index (κ3) is 3.50. The summed E-state index contributed by atoms with van der Waals surface area (Å²) < 4.78 is 29.8. The van der Waals surface area contributed by atoms with Gasteiger partial charge >= 0.3 is 0 Å². The smallest absolute Gasteiger partial charge is 0.119 e. The van der Waals surface area contributed by atoms with Crippen LogP contribution in [0.3, 0.4) is 0 Å². The fourth-order valence-corrected chi connectivity index (χ4v) is 2.03. The summed E-state index contributed by atoms with van der Waals surface area (Å²) in [5.41, 5.74) is 0.916. The van der Waals surface area contributed by atoms with Crippen LogP contribution in [0, 0.1) is 0 Å². The van der Waals surface area contributed by atoms with Crippen molar-refractivity contribution in [1.82, 2.24) is 0 Å². The second-order valence-corrected chi connectivity index (χ2v) is 4.94. The molecule has 0 unspecified atom stereocenters. The molecule has 0 atom stereocenters. The van der Waals surface area contributed by atoms with E-state index in [1.54, 1.807) is 42.5 Å². The molecule has 0 aliphatic heterocycles. The van der Waals surface area contributed by atoms with Crippen molar-refractivity contribution < 1.29 is 8.85 Å². The van der Waals surface area contributed by atoms with Crippen LogP contribution in [0.25, 0.3) is 0 Å². The SMILES string of the molecule is [2H]CCOc1ccc(C([2H])([2H])c2cc(Br)ccc2Cl)cc1. The van der Waals surface area contributed by atoms with E-state index in [9.17, 15) is 0 Å². The van der Waals surface area contributed by atoms with E-state index in [4.69, 9.17) is 20.5 Å². The van der Waals surface area contributed by atoms with Gasteiger partial charge in [0.2, 0.25) is 0 Å². The van der Waals surface area contributed by atoms with E-state index in [2.05, 4.69) is 15.9 Å². The molecule has 0 aliphatic rings. The quantitative estimate of drug-likeness (QED) is 0.759. The Balaban J connectivity index is 2.32. The lowest BCUT2D eigenvalue weighted by Gasteiger charge is -2.07. The average Bonchev–Trinajstić information content (AvgIpc) is 2.48. The molecule has 0 aromatic heterocycles. The highest BCUT2D eigenvalue weighted by molar-refractivity contribution is 9.10. The summed E-state index contributed by atoms with van der Waals surface area (Å²) in [6, 6.07) is 11.9. The van der Waals surface area contributed by atoms with E-state index in [1.165, 1.54) is 0 Å². The molecule has 0 amide bonds. The molecule has 0 saturated heterocycles. The third-order valence-corrected chi connectivity index (χ3v) is 3.15. The molecule has 2 rings (SSSR count). The minimum atomic E-state index is -1.70. The molecule has 0 aliphatic carbocycles. The lowest BCUT2D eigenvalue weighted by molar-refractivity contribution is 0.340. The monoisotopic (exact) mass is 327 g/mol. The van der Waals surface area contributed by atoms with Gasteiger partial charge in [-0.3, -0.25) is 0 Å². The van der Waals surface area contributed by atoms with Crippen LogP contribution in [0.4, 0.5) is 0 Å². The summed E-state index contributed by atoms with van der Waals surface area (Å²) in [7, 11) is 0. The van der Waals surface area contributed by atoms with Crippen molar-refractivity contribution in [2.45, 2.75) is 13.3 Å². The van der Waals surface area contributed by atoms with E-state index in [0.29, 0.717) is 28.5 Å². The second kappa shape index (κ2) is 6.26. The van der Waals surface area contributed by atoms with Gasteiger partial charge in [-0.15, -0.1) is 0 Å². The number of hydrogen-bond acceptors (Lipinski definition) is 1. The molecule has 0 N–H and O–H groups in total. The Morgan fingerprint density at radius 2 is 2.06 bits per heavy atom. The lowest BCUT2D eigenvalue weighted by Crippen LogP contribution is -1.93. The standard InChI is InChI=1S/C15H14BrClO/c1-2-18-14-6-3-11(4-7-14)9-12-10-13(16)5-8-15(12)17/h3-8,10H,2,9H2,1H3/i1D,9D2. The van der Waals surface area contributed by atoms with Gasteiger partial charge < -0.3 is 4.74 Å². The zero-order chi connectivity index (χ0) is 15.5. The summed E-state index contributed by atoms with van der Waals surface area (Å²) in [6.07, 6.45) is -1.70. The first-order chi connectivity index (χ1) is 9.95. The molecule has 0 saturated carbocycles. The average molecular weight is 329 g/mol. The Morgan fingerprint density at radius 3 is 2.78 bits per heavy atom. The van der Waals surface area contributed by atoms with Gasteiger partial charge in [0.25, 0.3) is 0 Å². The lowest BCUT2D eigenvalue weighted by atomic mass is 10.1. The van der Waals surface area contributed by atoms with Gasteiger partial charge in [0.1, 0.15) is 5.75 Å². The van der Waals surface area contributed by atoms with Crippen molar-refractivity contribution in [2.75, 3.05) is 6.61 Å². The van der Waals surface area contributed by atoms with Crippen molar-refractivity contribution >= 4 is 27.5 Å². The van der Waals surface area contributed by atoms with Crippen LogP contribution >= 0.6 is 27.5 Å². The molecule has 94 valence electrons. The van der Waals surface area contributed by atoms with E-state index in [1.807, 2.05) is 0 Å². The van der Waals surface area contributed by atoms with Crippen LogP contribution < -0.4 is 4.74 Å².